The molecule has 0 aliphatic carbocycles. The summed E-state index contributed by atoms with van der Waals surface area (Å²) in [5, 5.41) is 0. The van der Waals surface area contributed by atoms with Crippen LogP contribution >= 0.6 is 0 Å². The average molecular weight is 246 g/mol. The van der Waals surface area contributed by atoms with Gasteiger partial charge >= 0.3 is 12.1 Å². The summed E-state index contributed by atoms with van der Waals surface area (Å²) in [5.41, 5.74) is 0. The van der Waals surface area contributed by atoms with E-state index >= 15 is 0 Å². The molecule has 0 bridgehead atoms. The predicted octanol–water partition coefficient (Wildman–Crippen LogP) is 1.29. The molecular formula is C11H18O6. The lowest BCUT2D eigenvalue weighted by atomic mass is 10.4. The number of methoxy groups -OCH3 is 1. The zero-order valence-corrected chi connectivity index (χ0v) is 10.3. The minimum absolute atomic E-state index is 0.121. The van der Waals surface area contributed by atoms with Crippen LogP contribution in [0.15, 0.2) is 12.7 Å². The van der Waals surface area contributed by atoms with Gasteiger partial charge < -0.3 is 18.9 Å². The Bertz CT molecular complexity index is 263. The molecule has 0 aliphatic rings. The molecule has 2 atom stereocenters. The summed E-state index contributed by atoms with van der Waals surface area (Å²) in [5.74, 6) is -0.501. The summed E-state index contributed by atoms with van der Waals surface area (Å²) in [6.07, 6.45) is -0.398. The Kier molecular flexibility index (Phi) is 7.79. The van der Waals surface area contributed by atoms with E-state index in [0.29, 0.717) is 0 Å². The minimum atomic E-state index is -0.758. The third kappa shape index (κ3) is 8.27. The zero-order valence-electron chi connectivity index (χ0n) is 10.3. The lowest BCUT2D eigenvalue weighted by molar-refractivity contribution is -0.142. The highest BCUT2D eigenvalue weighted by molar-refractivity contribution is 5.81. The maximum absolute atomic E-state index is 10.8. The molecule has 0 aliphatic heterocycles. The van der Waals surface area contributed by atoms with Gasteiger partial charge in [0.25, 0.3) is 0 Å². The van der Waals surface area contributed by atoms with Gasteiger partial charge in [0.05, 0.1) is 19.8 Å². The second-order valence-electron chi connectivity index (χ2n) is 3.36. The second kappa shape index (κ2) is 8.58. The van der Waals surface area contributed by atoms with Gasteiger partial charge in [-0.1, -0.05) is 6.58 Å². The highest BCUT2D eigenvalue weighted by Crippen LogP contribution is 1.99. The molecule has 0 radical (unpaired) electrons. The molecule has 0 saturated carbocycles. The van der Waals surface area contributed by atoms with E-state index in [1.807, 2.05) is 0 Å². The van der Waals surface area contributed by atoms with Crippen LogP contribution in [0.4, 0.5) is 4.79 Å². The van der Waals surface area contributed by atoms with Gasteiger partial charge in [-0.2, -0.15) is 0 Å². The summed E-state index contributed by atoms with van der Waals surface area (Å²) in [7, 11) is 1.23. The average Bonchev–Trinajstić information content (AvgIpc) is 2.32. The fraction of sp³-hybridized carbons (Fsp3) is 0.636. The van der Waals surface area contributed by atoms with Crippen LogP contribution in [0.5, 0.6) is 0 Å². The van der Waals surface area contributed by atoms with E-state index in [1.54, 1.807) is 13.8 Å². The lowest BCUT2D eigenvalue weighted by Crippen LogP contribution is -2.25. The number of carbonyl (C=O) groups excluding carboxylic acids is 2. The molecular weight excluding hydrogens is 228 g/mol. The summed E-state index contributed by atoms with van der Waals surface area (Å²) in [6.45, 7) is 6.99. The smallest absolute Gasteiger partial charge is 0.460 e. The van der Waals surface area contributed by atoms with E-state index in [4.69, 9.17) is 14.2 Å². The Morgan fingerprint density at radius 3 is 2.41 bits per heavy atom. The first kappa shape index (κ1) is 15.4. The highest BCUT2D eigenvalue weighted by Gasteiger charge is 2.12. The van der Waals surface area contributed by atoms with Gasteiger partial charge in [0.1, 0.15) is 12.7 Å². The molecule has 0 aromatic heterocycles. The molecule has 17 heavy (non-hydrogen) atoms. The van der Waals surface area contributed by atoms with Gasteiger partial charge in [-0.05, 0) is 13.8 Å². The van der Waals surface area contributed by atoms with E-state index in [1.165, 1.54) is 7.11 Å². The van der Waals surface area contributed by atoms with Gasteiger partial charge in [0.2, 0.25) is 0 Å². The van der Waals surface area contributed by atoms with E-state index in [9.17, 15) is 9.59 Å². The minimum Gasteiger partial charge on any atom is -0.460 e. The van der Waals surface area contributed by atoms with Crippen LogP contribution in [0.2, 0.25) is 0 Å². The number of hydrogen-bond donors (Lipinski definition) is 0. The summed E-state index contributed by atoms with van der Waals surface area (Å²) >= 11 is 0. The SMILES string of the molecule is C=CC(=O)OCC(C)OCC(C)OC(=O)OC. The van der Waals surface area contributed by atoms with Crippen molar-refractivity contribution in [3.05, 3.63) is 12.7 Å². The third-order valence-corrected chi connectivity index (χ3v) is 1.71. The molecule has 0 amide bonds. The van der Waals surface area contributed by atoms with Gasteiger partial charge in [-0.3, -0.25) is 0 Å². The number of rotatable bonds is 7. The maximum atomic E-state index is 10.8. The van der Waals surface area contributed by atoms with Crippen molar-refractivity contribution in [1.29, 1.82) is 0 Å². The van der Waals surface area contributed by atoms with Gasteiger partial charge in [-0.15, -0.1) is 0 Å². The summed E-state index contributed by atoms with van der Waals surface area (Å²) in [6, 6.07) is 0. The fourth-order valence-corrected chi connectivity index (χ4v) is 0.853. The second-order valence-corrected chi connectivity index (χ2v) is 3.36. The van der Waals surface area contributed by atoms with Crippen LogP contribution in [0.3, 0.4) is 0 Å². The van der Waals surface area contributed by atoms with Gasteiger partial charge in [0, 0.05) is 6.08 Å². The van der Waals surface area contributed by atoms with Crippen LogP contribution in [0.1, 0.15) is 13.8 Å². The van der Waals surface area contributed by atoms with E-state index < -0.39 is 18.2 Å². The highest BCUT2D eigenvalue weighted by atomic mass is 16.7. The molecule has 0 heterocycles. The van der Waals surface area contributed by atoms with Crippen molar-refractivity contribution < 1.29 is 28.5 Å². The first-order valence-corrected chi connectivity index (χ1v) is 5.15. The molecule has 98 valence electrons. The first-order chi connectivity index (χ1) is 7.99. The standard InChI is InChI=1S/C11H18O6/c1-5-10(12)16-6-8(2)15-7-9(3)17-11(13)14-4/h5,8-9H,1,6-7H2,2-4H3. The molecule has 0 spiro atoms. The van der Waals surface area contributed by atoms with Crippen molar-refractivity contribution in [2.45, 2.75) is 26.1 Å². The third-order valence-electron chi connectivity index (χ3n) is 1.71. The van der Waals surface area contributed by atoms with Crippen LogP contribution in [0.25, 0.3) is 0 Å². The largest absolute Gasteiger partial charge is 0.508 e. The monoisotopic (exact) mass is 246 g/mol. The van der Waals surface area contributed by atoms with Crippen molar-refractivity contribution in [2.24, 2.45) is 0 Å². The molecule has 0 aromatic rings. The normalized spacial score (nSPS) is 13.4. The number of ether oxygens (including phenoxy) is 4. The number of carbonyl (C=O) groups is 2. The Morgan fingerprint density at radius 2 is 1.88 bits per heavy atom. The maximum Gasteiger partial charge on any atom is 0.508 e. The van der Waals surface area contributed by atoms with Crippen molar-refractivity contribution >= 4 is 12.1 Å². The van der Waals surface area contributed by atoms with Crippen molar-refractivity contribution in [2.75, 3.05) is 20.3 Å². The molecule has 6 heteroatoms. The first-order valence-electron chi connectivity index (χ1n) is 5.15. The molecule has 0 N–H and O–H groups in total. The molecule has 0 rings (SSSR count). The quantitative estimate of drug-likeness (QED) is 0.498. The van der Waals surface area contributed by atoms with E-state index in [-0.39, 0.29) is 19.3 Å². The molecule has 6 nitrogen and oxygen atoms in total. The van der Waals surface area contributed by atoms with Crippen molar-refractivity contribution in [1.82, 2.24) is 0 Å². The van der Waals surface area contributed by atoms with Crippen LogP contribution in [-0.2, 0) is 23.7 Å². The zero-order chi connectivity index (χ0) is 13.3. The van der Waals surface area contributed by atoms with Gasteiger partial charge in [0.15, 0.2) is 0 Å². The Labute approximate surface area is 100 Å². The Hall–Kier alpha value is -1.56. The lowest BCUT2D eigenvalue weighted by Gasteiger charge is -2.16. The Morgan fingerprint density at radius 1 is 1.24 bits per heavy atom. The molecule has 2 unspecified atom stereocenters. The summed E-state index contributed by atoms with van der Waals surface area (Å²) < 4.78 is 19.2. The van der Waals surface area contributed by atoms with Crippen molar-refractivity contribution in [3.8, 4) is 0 Å². The number of esters is 1. The predicted molar refractivity (Wildman–Crippen MR) is 59.5 cm³/mol. The van der Waals surface area contributed by atoms with Crippen LogP contribution < -0.4 is 0 Å². The molecule has 0 aromatic carbocycles. The summed E-state index contributed by atoms with van der Waals surface area (Å²) in [4.78, 5) is 21.5. The van der Waals surface area contributed by atoms with Gasteiger partial charge in [-0.25, -0.2) is 9.59 Å². The van der Waals surface area contributed by atoms with Crippen LogP contribution in [-0.4, -0.2) is 44.7 Å². The van der Waals surface area contributed by atoms with E-state index in [2.05, 4.69) is 11.3 Å². The van der Waals surface area contributed by atoms with Crippen LogP contribution in [0, 0.1) is 0 Å². The van der Waals surface area contributed by atoms with Crippen molar-refractivity contribution in [3.63, 3.8) is 0 Å². The van der Waals surface area contributed by atoms with E-state index in [0.717, 1.165) is 6.08 Å². The molecule has 0 saturated heterocycles. The fourth-order valence-electron chi connectivity index (χ4n) is 0.853. The Balaban J connectivity index is 3.68. The topological polar surface area (TPSA) is 71.1 Å². The number of hydrogen-bond acceptors (Lipinski definition) is 6. The molecule has 0 fully saturated rings.